The Morgan fingerprint density at radius 3 is 2.37 bits per heavy atom. The van der Waals surface area contributed by atoms with Crippen molar-refractivity contribution in [2.24, 2.45) is 0 Å². The summed E-state index contributed by atoms with van der Waals surface area (Å²) in [5, 5.41) is 23.2. The summed E-state index contributed by atoms with van der Waals surface area (Å²) in [4.78, 5) is 21.9. The molecule has 0 heterocycles. The normalized spacial score (nSPS) is 11.4. The smallest absolute Gasteiger partial charge is 0.336 e. The SMILES string of the molecule is CNCc1c([N+](=O)[O-])ccc(C(=O)O)c1C(C)(C)C. The van der Waals surface area contributed by atoms with Gasteiger partial charge in [0, 0.05) is 18.2 Å². The molecule has 0 atom stereocenters. The van der Waals surface area contributed by atoms with Crippen molar-refractivity contribution in [1.29, 1.82) is 0 Å². The maximum absolute atomic E-state index is 11.3. The fourth-order valence-electron chi connectivity index (χ4n) is 2.20. The zero-order chi connectivity index (χ0) is 14.8. The number of nitrogens with zero attached hydrogens (tertiary/aromatic N) is 1. The minimum atomic E-state index is -1.07. The minimum Gasteiger partial charge on any atom is -0.478 e. The molecule has 0 saturated carbocycles. The largest absolute Gasteiger partial charge is 0.478 e. The maximum Gasteiger partial charge on any atom is 0.336 e. The number of nitro groups is 1. The summed E-state index contributed by atoms with van der Waals surface area (Å²) in [6.07, 6.45) is 0. The molecule has 1 aromatic carbocycles. The first-order valence-electron chi connectivity index (χ1n) is 5.88. The number of nitrogens with one attached hydrogen (secondary N) is 1. The van der Waals surface area contributed by atoms with Gasteiger partial charge in [0.2, 0.25) is 0 Å². The molecule has 1 rings (SSSR count). The number of benzene rings is 1. The molecule has 0 bridgehead atoms. The maximum atomic E-state index is 11.3. The molecule has 0 radical (unpaired) electrons. The second-order valence-corrected chi connectivity index (χ2v) is 5.33. The fraction of sp³-hybridized carbons (Fsp3) is 0.462. The Morgan fingerprint density at radius 2 is 2.00 bits per heavy atom. The molecule has 0 saturated heterocycles. The lowest BCUT2D eigenvalue weighted by atomic mass is 9.80. The van der Waals surface area contributed by atoms with Crippen molar-refractivity contribution in [3.63, 3.8) is 0 Å². The van der Waals surface area contributed by atoms with E-state index in [0.29, 0.717) is 11.1 Å². The zero-order valence-corrected chi connectivity index (χ0v) is 11.5. The lowest BCUT2D eigenvalue weighted by molar-refractivity contribution is -0.385. The van der Waals surface area contributed by atoms with Crippen LogP contribution in [0.3, 0.4) is 0 Å². The molecule has 0 aromatic heterocycles. The van der Waals surface area contributed by atoms with E-state index < -0.39 is 16.3 Å². The molecule has 6 heteroatoms. The highest BCUT2D eigenvalue weighted by Gasteiger charge is 2.30. The number of carboxylic acids is 1. The van der Waals surface area contributed by atoms with Gasteiger partial charge in [0.1, 0.15) is 0 Å². The molecule has 6 nitrogen and oxygen atoms in total. The van der Waals surface area contributed by atoms with E-state index in [9.17, 15) is 20.0 Å². The van der Waals surface area contributed by atoms with Crippen molar-refractivity contribution >= 4 is 11.7 Å². The molecule has 0 spiro atoms. The van der Waals surface area contributed by atoms with Crippen molar-refractivity contribution in [2.45, 2.75) is 32.7 Å². The van der Waals surface area contributed by atoms with E-state index in [-0.39, 0.29) is 17.8 Å². The van der Waals surface area contributed by atoms with Crippen LogP contribution in [-0.4, -0.2) is 23.0 Å². The Morgan fingerprint density at radius 1 is 1.42 bits per heavy atom. The van der Waals surface area contributed by atoms with E-state index in [0.717, 1.165) is 0 Å². The number of hydrogen-bond donors (Lipinski definition) is 2. The molecule has 0 unspecified atom stereocenters. The van der Waals surface area contributed by atoms with E-state index in [4.69, 9.17) is 0 Å². The quantitative estimate of drug-likeness (QED) is 0.644. The Hall–Kier alpha value is -1.95. The third kappa shape index (κ3) is 3.08. The number of carboxylic acid groups (broad SMARTS) is 1. The van der Waals surface area contributed by atoms with Gasteiger partial charge in [-0.25, -0.2) is 4.79 Å². The van der Waals surface area contributed by atoms with Crippen molar-refractivity contribution in [3.05, 3.63) is 38.9 Å². The third-order valence-electron chi connectivity index (χ3n) is 2.82. The van der Waals surface area contributed by atoms with E-state index in [1.54, 1.807) is 7.05 Å². The van der Waals surface area contributed by atoms with E-state index >= 15 is 0 Å². The lowest BCUT2D eigenvalue weighted by Crippen LogP contribution is -2.23. The van der Waals surface area contributed by atoms with Crippen LogP contribution in [0.1, 0.15) is 42.3 Å². The minimum absolute atomic E-state index is 0.0516. The van der Waals surface area contributed by atoms with E-state index in [1.165, 1.54) is 12.1 Å². The highest BCUT2D eigenvalue weighted by molar-refractivity contribution is 5.91. The Bertz CT molecular complexity index is 518. The predicted octanol–water partition coefficient (Wildman–Crippen LogP) is 2.31. The van der Waals surface area contributed by atoms with Crippen LogP contribution in [0.2, 0.25) is 0 Å². The highest BCUT2D eigenvalue weighted by atomic mass is 16.6. The highest BCUT2D eigenvalue weighted by Crippen LogP contribution is 2.34. The summed E-state index contributed by atoms with van der Waals surface area (Å²) >= 11 is 0. The predicted molar refractivity (Wildman–Crippen MR) is 71.5 cm³/mol. The second kappa shape index (κ2) is 5.36. The Balaban J connectivity index is 3.71. The molecule has 2 N–H and O–H groups in total. The molecule has 0 aliphatic rings. The first kappa shape index (κ1) is 15.1. The number of rotatable bonds is 4. The van der Waals surface area contributed by atoms with Gasteiger partial charge in [-0.1, -0.05) is 20.8 Å². The summed E-state index contributed by atoms with van der Waals surface area (Å²) in [5.74, 6) is -1.07. The Labute approximate surface area is 111 Å². The molecule has 0 fully saturated rings. The summed E-state index contributed by atoms with van der Waals surface area (Å²) in [7, 11) is 1.67. The average Bonchev–Trinajstić information content (AvgIpc) is 2.26. The van der Waals surface area contributed by atoms with Crippen LogP contribution >= 0.6 is 0 Å². The summed E-state index contributed by atoms with van der Waals surface area (Å²) in [5.41, 5.74) is 0.502. The van der Waals surface area contributed by atoms with Crippen LogP contribution in [0, 0.1) is 10.1 Å². The number of hydrogen-bond acceptors (Lipinski definition) is 4. The van der Waals surface area contributed by atoms with Gasteiger partial charge in [0.05, 0.1) is 10.5 Å². The van der Waals surface area contributed by atoms with Gasteiger partial charge in [-0.3, -0.25) is 10.1 Å². The number of aromatic carboxylic acids is 1. The summed E-state index contributed by atoms with van der Waals surface area (Å²) in [6.45, 7) is 5.79. The van der Waals surface area contributed by atoms with Crippen molar-refractivity contribution < 1.29 is 14.8 Å². The van der Waals surface area contributed by atoms with E-state index in [2.05, 4.69) is 5.32 Å². The summed E-state index contributed by atoms with van der Waals surface area (Å²) < 4.78 is 0. The first-order chi connectivity index (χ1) is 8.70. The molecular weight excluding hydrogens is 248 g/mol. The fourth-order valence-corrected chi connectivity index (χ4v) is 2.20. The number of carbonyl (C=O) groups is 1. The molecule has 1 aromatic rings. The van der Waals surface area contributed by atoms with Crippen molar-refractivity contribution in [3.8, 4) is 0 Å². The van der Waals surface area contributed by atoms with Gasteiger partial charge < -0.3 is 10.4 Å². The lowest BCUT2D eigenvalue weighted by Gasteiger charge is -2.25. The van der Waals surface area contributed by atoms with Gasteiger partial charge in [-0.05, 0) is 24.1 Å². The van der Waals surface area contributed by atoms with Gasteiger partial charge in [-0.15, -0.1) is 0 Å². The van der Waals surface area contributed by atoms with Gasteiger partial charge in [0.25, 0.3) is 5.69 Å². The molecular formula is C13H18N2O4. The molecule has 0 aliphatic carbocycles. The summed E-state index contributed by atoms with van der Waals surface area (Å²) in [6, 6.07) is 2.56. The van der Waals surface area contributed by atoms with Crippen LogP contribution in [0.15, 0.2) is 12.1 Å². The monoisotopic (exact) mass is 266 g/mol. The van der Waals surface area contributed by atoms with Crippen LogP contribution in [-0.2, 0) is 12.0 Å². The van der Waals surface area contributed by atoms with E-state index in [1.807, 2.05) is 20.8 Å². The van der Waals surface area contributed by atoms with Crippen LogP contribution in [0.25, 0.3) is 0 Å². The molecule has 104 valence electrons. The van der Waals surface area contributed by atoms with Crippen molar-refractivity contribution in [2.75, 3.05) is 7.05 Å². The van der Waals surface area contributed by atoms with Crippen LogP contribution in [0.4, 0.5) is 5.69 Å². The second-order valence-electron chi connectivity index (χ2n) is 5.33. The first-order valence-corrected chi connectivity index (χ1v) is 5.88. The van der Waals surface area contributed by atoms with Gasteiger partial charge >= 0.3 is 5.97 Å². The Kier molecular flexibility index (Phi) is 4.26. The van der Waals surface area contributed by atoms with Gasteiger partial charge in [0.15, 0.2) is 0 Å². The standard InChI is InChI=1S/C13H18N2O4/c1-13(2,3)11-8(12(16)17)5-6-10(15(18)19)9(11)7-14-4/h5-6,14H,7H2,1-4H3,(H,16,17). The van der Waals surface area contributed by atoms with Gasteiger partial charge in [-0.2, -0.15) is 0 Å². The molecule has 19 heavy (non-hydrogen) atoms. The van der Waals surface area contributed by atoms with Crippen LogP contribution in [0.5, 0.6) is 0 Å². The zero-order valence-electron chi connectivity index (χ0n) is 11.5. The third-order valence-corrected chi connectivity index (χ3v) is 2.82. The number of nitro benzene ring substituents is 1. The molecule has 0 amide bonds. The average molecular weight is 266 g/mol. The topological polar surface area (TPSA) is 92.5 Å². The van der Waals surface area contributed by atoms with Crippen molar-refractivity contribution in [1.82, 2.24) is 5.32 Å². The van der Waals surface area contributed by atoms with Crippen LogP contribution < -0.4 is 5.32 Å². The molecule has 0 aliphatic heterocycles.